The molecule has 4 atom stereocenters. The van der Waals surface area contributed by atoms with Crippen molar-refractivity contribution in [2.75, 3.05) is 13.7 Å². The summed E-state index contributed by atoms with van der Waals surface area (Å²) < 4.78 is 33.5. The van der Waals surface area contributed by atoms with Crippen LogP contribution in [0.15, 0.2) is 21.3 Å². The number of esters is 1. The maximum atomic E-state index is 12.8. The van der Waals surface area contributed by atoms with Gasteiger partial charge in [0.15, 0.2) is 17.8 Å². The highest BCUT2D eigenvalue weighted by Gasteiger charge is 2.53. The summed E-state index contributed by atoms with van der Waals surface area (Å²) in [5.41, 5.74) is -2.44. The molecule has 2 aliphatic rings. The van der Waals surface area contributed by atoms with Crippen LogP contribution in [0.4, 0.5) is 4.79 Å². The summed E-state index contributed by atoms with van der Waals surface area (Å²) in [4.78, 5) is 37.4. The van der Waals surface area contributed by atoms with Crippen LogP contribution in [0.1, 0.15) is 68.8 Å². The molecule has 1 aliphatic heterocycles. The average molecular weight is 564 g/mol. The minimum atomic E-state index is -1.45. The Kier molecular flexibility index (Phi) is 8.91. The third-order valence-electron chi connectivity index (χ3n) is 7.41. The van der Waals surface area contributed by atoms with Crippen LogP contribution >= 0.6 is 0 Å². The highest BCUT2D eigenvalue weighted by atomic mass is 16.7. The van der Waals surface area contributed by atoms with Crippen LogP contribution in [0, 0.1) is 6.92 Å². The van der Waals surface area contributed by atoms with Gasteiger partial charge < -0.3 is 43.6 Å². The van der Waals surface area contributed by atoms with Gasteiger partial charge in [0.2, 0.25) is 6.29 Å². The maximum Gasteiger partial charge on any atom is 0.407 e. The smallest absolute Gasteiger partial charge is 0.407 e. The van der Waals surface area contributed by atoms with Crippen molar-refractivity contribution in [1.82, 2.24) is 5.32 Å². The van der Waals surface area contributed by atoms with E-state index in [-0.39, 0.29) is 29.4 Å². The molecule has 4 rings (SSSR count). The highest BCUT2D eigenvalue weighted by Crippen LogP contribution is 2.37. The number of carbonyl (C=O) groups excluding carboxylic acids is 2. The van der Waals surface area contributed by atoms with Gasteiger partial charge >= 0.3 is 17.7 Å². The third-order valence-corrected chi connectivity index (χ3v) is 7.41. The molecule has 1 aromatic heterocycles. The van der Waals surface area contributed by atoms with Gasteiger partial charge in [0.1, 0.15) is 23.2 Å². The molecule has 1 aromatic carbocycles. The molecule has 12 heteroatoms. The van der Waals surface area contributed by atoms with Gasteiger partial charge in [0.25, 0.3) is 0 Å². The van der Waals surface area contributed by atoms with Gasteiger partial charge in [-0.3, -0.25) is 0 Å². The number of carbonyl (C=O) groups is 2. The molecule has 2 aromatic rings. The molecule has 0 unspecified atom stereocenters. The Morgan fingerprint density at radius 2 is 1.88 bits per heavy atom. The number of nitrogens with one attached hydrogen (secondary N) is 1. The fraction of sp³-hybridized carbons (Fsp3) is 0.607. The Hall–Kier alpha value is -3.35. The predicted octanol–water partition coefficient (Wildman–Crippen LogP) is 3.30. The van der Waals surface area contributed by atoms with Crippen molar-refractivity contribution >= 4 is 23.0 Å². The van der Waals surface area contributed by atoms with Gasteiger partial charge in [-0.15, -0.1) is 0 Å². The van der Waals surface area contributed by atoms with Crippen LogP contribution in [-0.2, 0) is 18.9 Å². The minimum absolute atomic E-state index is 0.00921. The number of benzene rings is 1. The lowest BCUT2D eigenvalue weighted by Gasteiger charge is -2.47. The van der Waals surface area contributed by atoms with Gasteiger partial charge in [0.05, 0.1) is 17.6 Å². The Labute approximate surface area is 231 Å². The van der Waals surface area contributed by atoms with Gasteiger partial charge in [-0.1, -0.05) is 19.3 Å². The van der Waals surface area contributed by atoms with Crippen molar-refractivity contribution in [3.05, 3.63) is 33.7 Å². The molecule has 12 nitrogen and oxygen atoms in total. The molecule has 1 saturated heterocycles. The summed E-state index contributed by atoms with van der Waals surface area (Å²) in [5.74, 6) is -1.41. The van der Waals surface area contributed by atoms with Crippen LogP contribution in [0.25, 0.3) is 11.0 Å². The quantitative estimate of drug-likeness (QED) is 0.335. The van der Waals surface area contributed by atoms with Crippen molar-refractivity contribution < 1.29 is 47.9 Å². The standard InChI is InChI=1S/C28H37NO11/c1-6-36-24(32)18-19(30)16-12-13-17(14(2)21(16)38-25(18)33)37-26-20(31)22(23(35-5)28(3,4)40-26)39-27(34)29-15-10-8-7-9-11-15/h12-13,15,20,22-23,26,30-31H,6-11H2,1-5H3,(H,29,34)/t20-,22-,23-,26-/m1/s1. The summed E-state index contributed by atoms with van der Waals surface area (Å²) in [6.45, 7) is 6.61. The lowest BCUT2D eigenvalue weighted by Crippen LogP contribution is -2.65. The van der Waals surface area contributed by atoms with Crippen LogP contribution in [0.5, 0.6) is 11.5 Å². The number of aryl methyl sites for hydroxylation is 1. The number of aromatic hydroxyl groups is 1. The van der Waals surface area contributed by atoms with E-state index in [0.717, 1.165) is 32.1 Å². The second-order valence-corrected chi connectivity index (χ2v) is 10.6. The molecule has 220 valence electrons. The molecule has 2 fully saturated rings. The van der Waals surface area contributed by atoms with E-state index < -0.39 is 59.2 Å². The number of fused-ring (bicyclic) bond motifs is 1. The van der Waals surface area contributed by atoms with E-state index in [1.54, 1.807) is 27.7 Å². The van der Waals surface area contributed by atoms with Crippen LogP contribution in [-0.4, -0.2) is 72.2 Å². The predicted molar refractivity (Wildman–Crippen MR) is 142 cm³/mol. The highest BCUT2D eigenvalue weighted by molar-refractivity contribution is 5.99. The lowest BCUT2D eigenvalue weighted by molar-refractivity contribution is -0.305. The largest absolute Gasteiger partial charge is 0.506 e. The second kappa shape index (κ2) is 12.0. The first-order chi connectivity index (χ1) is 19.0. The maximum absolute atomic E-state index is 12.8. The van der Waals surface area contributed by atoms with E-state index in [1.807, 2.05) is 0 Å². The average Bonchev–Trinajstić information content (AvgIpc) is 2.89. The fourth-order valence-corrected chi connectivity index (χ4v) is 5.38. The number of aliphatic hydroxyl groups excluding tert-OH is 1. The van der Waals surface area contributed by atoms with Gasteiger partial charge in [-0.2, -0.15) is 0 Å². The van der Waals surface area contributed by atoms with Gasteiger partial charge in [0, 0.05) is 18.7 Å². The Morgan fingerprint density at radius 1 is 1.18 bits per heavy atom. The fourth-order valence-electron chi connectivity index (χ4n) is 5.38. The van der Waals surface area contributed by atoms with Gasteiger partial charge in [-0.05, 0) is 52.7 Å². The zero-order valence-electron chi connectivity index (χ0n) is 23.4. The van der Waals surface area contributed by atoms with E-state index >= 15 is 0 Å². The molecule has 1 amide bonds. The Balaban J connectivity index is 1.60. The van der Waals surface area contributed by atoms with Gasteiger partial charge in [-0.25, -0.2) is 14.4 Å². The van der Waals surface area contributed by atoms with Crippen molar-refractivity contribution in [2.24, 2.45) is 0 Å². The number of rotatable bonds is 7. The topological polar surface area (TPSA) is 163 Å². The third kappa shape index (κ3) is 5.89. The number of hydrogen-bond donors (Lipinski definition) is 3. The molecule has 3 N–H and O–H groups in total. The lowest BCUT2D eigenvalue weighted by atomic mass is 9.89. The molecule has 0 radical (unpaired) electrons. The summed E-state index contributed by atoms with van der Waals surface area (Å²) >= 11 is 0. The monoisotopic (exact) mass is 563 g/mol. The summed E-state index contributed by atoms with van der Waals surface area (Å²) in [5, 5.41) is 24.8. The zero-order valence-corrected chi connectivity index (χ0v) is 23.4. The zero-order chi connectivity index (χ0) is 29.2. The van der Waals surface area contributed by atoms with E-state index in [0.29, 0.717) is 5.56 Å². The molecule has 0 bridgehead atoms. The summed E-state index contributed by atoms with van der Waals surface area (Å²) in [6, 6.07) is 2.89. The first-order valence-corrected chi connectivity index (χ1v) is 13.5. The molecular weight excluding hydrogens is 526 g/mol. The van der Waals surface area contributed by atoms with Crippen molar-refractivity contribution in [3.63, 3.8) is 0 Å². The second-order valence-electron chi connectivity index (χ2n) is 10.6. The van der Waals surface area contributed by atoms with Crippen LogP contribution in [0.2, 0.25) is 0 Å². The Bertz CT molecular complexity index is 1300. The Morgan fingerprint density at radius 3 is 2.52 bits per heavy atom. The molecule has 0 spiro atoms. The number of ether oxygens (including phenoxy) is 5. The van der Waals surface area contributed by atoms with Crippen molar-refractivity contribution in [2.45, 2.75) is 96.0 Å². The summed E-state index contributed by atoms with van der Waals surface area (Å²) in [6.07, 6.45) is -0.426. The number of amides is 1. The van der Waals surface area contributed by atoms with Crippen molar-refractivity contribution in [1.29, 1.82) is 0 Å². The normalized spacial score (nSPS) is 24.9. The van der Waals surface area contributed by atoms with Crippen LogP contribution in [0.3, 0.4) is 0 Å². The van der Waals surface area contributed by atoms with Crippen molar-refractivity contribution in [3.8, 4) is 11.5 Å². The van der Waals surface area contributed by atoms with E-state index in [1.165, 1.54) is 19.2 Å². The number of hydrogen-bond acceptors (Lipinski definition) is 11. The van der Waals surface area contributed by atoms with E-state index in [4.69, 9.17) is 28.1 Å². The minimum Gasteiger partial charge on any atom is -0.506 e. The van der Waals surface area contributed by atoms with Crippen LogP contribution < -0.4 is 15.7 Å². The van der Waals surface area contributed by atoms with E-state index in [9.17, 15) is 24.6 Å². The molecule has 1 aliphatic carbocycles. The molecule has 40 heavy (non-hydrogen) atoms. The molecule has 1 saturated carbocycles. The first-order valence-electron chi connectivity index (χ1n) is 13.5. The number of alkyl carbamates (subject to hydrolysis) is 1. The summed E-state index contributed by atoms with van der Waals surface area (Å²) in [7, 11) is 1.44. The van der Waals surface area contributed by atoms with E-state index in [2.05, 4.69) is 5.32 Å². The number of methoxy groups -OCH3 is 1. The number of aliphatic hydroxyl groups is 1. The SMILES string of the molecule is CCOC(=O)c1c(O)c2ccc(O[C@@H]3OC(C)(C)[C@H](OC)[C@H](OC(=O)NC4CCCCC4)[C@H]3O)c(C)c2oc1=O. The molecule has 2 heterocycles. The molecular formula is C28H37NO11. The first kappa shape index (κ1) is 29.6.